The zero-order chi connectivity index (χ0) is 15.4. The second-order valence-corrected chi connectivity index (χ2v) is 5.22. The van der Waals surface area contributed by atoms with E-state index in [0.29, 0.717) is 0 Å². The smallest absolute Gasteiger partial charge is 0.221 e. The molecule has 2 atom stereocenters. The first-order valence-electron chi connectivity index (χ1n) is 6.95. The molecule has 0 fully saturated rings. The van der Waals surface area contributed by atoms with E-state index < -0.39 is 0 Å². The summed E-state index contributed by atoms with van der Waals surface area (Å²) in [5, 5.41) is 14.3. The number of hydrogen-bond acceptors (Lipinski definition) is 4. The van der Waals surface area contributed by atoms with Gasteiger partial charge in [-0.25, -0.2) is 0 Å². The average molecular weight is 287 g/mol. The maximum Gasteiger partial charge on any atom is 0.221 e. The Morgan fingerprint density at radius 1 is 1.29 bits per heavy atom. The molecule has 0 aliphatic heterocycles. The van der Waals surface area contributed by atoms with Crippen molar-refractivity contribution in [3.8, 4) is 0 Å². The number of amides is 1. The predicted molar refractivity (Wildman–Crippen MR) is 81.7 cm³/mol. The standard InChI is InChI=1S/C15H21N5O/c1-10(17-11(2)15-19-16-9-20(15)4)13-6-5-7-14(8-13)18-12(3)21/h5-11,17H,1-4H3,(H,18,21). The molecule has 2 rings (SSSR count). The first-order valence-corrected chi connectivity index (χ1v) is 6.95. The number of aromatic nitrogens is 3. The Bertz CT molecular complexity index is 622. The van der Waals surface area contributed by atoms with Gasteiger partial charge in [0.25, 0.3) is 0 Å². The Hall–Kier alpha value is -2.21. The molecule has 2 unspecified atom stereocenters. The number of anilines is 1. The van der Waals surface area contributed by atoms with Crippen molar-refractivity contribution in [2.75, 3.05) is 5.32 Å². The second-order valence-electron chi connectivity index (χ2n) is 5.22. The lowest BCUT2D eigenvalue weighted by atomic mass is 10.1. The van der Waals surface area contributed by atoms with Gasteiger partial charge in [-0.15, -0.1) is 10.2 Å². The minimum Gasteiger partial charge on any atom is -0.326 e. The summed E-state index contributed by atoms with van der Waals surface area (Å²) < 4.78 is 1.90. The fourth-order valence-electron chi connectivity index (χ4n) is 2.32. The van der Waals surface area contributed by atoms with E-state index in [4.69, 9.17) is 0 Å². The van der Waals surface area contributed by atoms with E-state index in [-0.39, 0.29) is 18.0 Å². The van der Waals surface area contributed by atoms with Crippen LogP contribution in [0, 0.1) is 0 Å². The SMILES string of the molecule is CC(=O)Nc1cccc(C(C)NC(C)c2nncn2C)c1. The molecule has 0 spiro atoms. The van der Waals surface area contributed by atoms with Crippen molar-refractivity contribution in [1.29, 1.82) is 0 Å². The Morgan fingerprint density at radius 3 is 2.67 bits per heavy atom. The van der Waals surface area contributed by atoms with Gasteiger partial charge in [0.15, 0.2) is 0 Å². The highest BCUT2D eigenvalue weighted by molar-refractivity contribution is 5.88. The summed E-state index contributed by atoms with van der Waals surface area (Å²) >= 11 is 0. The summed E-state index contributed by atoms with van der Waals surface area (Å²) in [5.74, 6) is 0.820. The lowest BCUT2D eigenvalue weighted by Gasteiger charge is -2.20. The van der Waals surface area contributed by atoms with Gasteiger partial charge in [0.1, 0.15) is 12.2 Å². The Morgan fingerprint density at radius 2 is 2.05 bits per heavy atom. The molecule has 6 heteroatoms. The van der Waals surface area contributed by atoms with Crippen molar-refractivity contribution >= 4 is 11.6 Å². The second kappa shape index (κ2) is 6.49. The number of benzene rings is 1. The third-order valence-electron chi connectivity index (χ3n) is 3.34. The molecule has 2 N–H and O–H groups in total. The average Bonchev–Trinajstić information content (AvgIpc) is 2.84. The molecule has 112 valence electrons. The van der Waals surface area contributed by atoms with Gasteiger partial charge in [-0.05, 0) is 31.5 Å². The van der Waals surface area contributed by atoms with Gasteiger partial charge in [0.2, 0.25) is 5.91 Å². The monoisotopic (exact) mass is 287 g/mol. The van der Waals surface area contributed by atoms with Crippen LogP contribution in [0.25, 0.3) is 0 Å². The van der Waals surface area contributed by atoms with Crippen LogP contribution >= 0.6 is 0 Å². The summed E-state index contributed by atoms with van der Waals surface area (Å²) in [6.45, 7) is 5.64. The minimum absolute atomic E-state index is 0.0692. The fourth-order valence-corrected chi connectivity index (χ4v) is 2.32. The molecule has 0 aliphatic carbocycles. The summed E-state index contributed by atoms with van der Waals surface area (Å²) in [7, 11) is 1.93. The van der Waals surface area contributed by atoms with Gasteiger partial charge in [-0.2, -0.15) is 0 Å². The number of nitrogens with zero attached hydrogens (tertiary/aromatic N) is 3. The van der Waals surface area contributed by atoms with Gasteiger partial charge < -0.3 is 15.2 Å². The van der Waals surface area contributed by atoms with Gasteiger partial charge in [-0.3, -0.25) is 4.79 Å². The quantitative estimate of drug-likeness (QED) is 0.884. The Labute approximate surface area is 124 Å². The molecule has 6 nitrogen and oxygen atoms in total. The van der Waals surface area contributed by atoms with Gasteiger partial charge in [0, 0.05) is 25.7 Å². The van der Waals surface area contributed by atoms with Gasteiger partial charge in [0.05, 0.1) is 6.04 Å². The predicted octanol–water partition coefficient (Wildman–Crippen LogP) is 2.19. The fraction of sp³-hybridized carbons (Fsp3) is 0.400. The molecule has 2 aromatic rings. The van der Waals surface area contributed by atoms with Gasteiger partial charge >= 0.3 is 0 Å². The van der Waals surface area contributed by atoms with Crippen LogP contribution in [0.5, 0.6) is 0 Å². The largest absolute Gasteiger partial charge is 0.326 e. The van der Waals surface area contributed by atoms with Crippen molar-refractivity contribution in [3.63, 3.8) is 0 Å². The van der Waals surface area contributed by atoms with Crippen molar-refractivity contribution in [3.05, 3.63) is 42.0 Å². The topological polar surface area (TPSA) is 71.8 Å². The molecule has 21 heavy (non-hydrogen) atoms. The molecular formula is C15H21N5O. The van der Waals surface area contributed by atoms with E-state index in [0.717, 1.165) is 17.1 Å². The number of aryl methyl sites for hydroxylation is 1. The number of carbonyl (C=O) groups is 1. The van der Waals surface area contributed by atoms with Crippen LogP contribution in [0.1, 0.15) is 44.2 Å². The molecule has 0 radical (unpaired) electrons. The first kappa shape index (κ1) is 15.2. The van der Waals surface area contributed by atoms with Crippen LogP contribution in [0.2, 0.25) is 0 Å². The Balaban J connectivity index is 2.08. The van der Waals surface area contributed by atoms with Crippen LogP contribution in [0.3, 0.4) is 0 Å². The van der Waals surface area contributed by atoms with E-state index in [1.165, 1.54) is 6.92 Å². The maximum absolute atomic E-state index is 11.1. The molecule has 0 aliphatic rings. The molecule has 0 saturated carbocycles. The number of carbonyl (C=O) groups excluding carboxylic acids is 1. The third-order valence-corrected chi connectivity index (χ3v) is 3.34. The van der Waals surface area contributed by atoms with E-state index in [2.05, 4.69) is 34.7 Å². The van der Waals surface area contributed by atoms with Crippen LogP contribution in [0.15, 0.2) is 30.6 Å². The summed E-state index contributed by atoms with van der Waals surface area (Å²) in [6.07, 6.45) is 1.69. The van der Waals surface area contributed by atoms with Crippen molar-refractivity contribution < 1.29 is 4.79 Å². The highest BCUT2D eigenvalue weighted by Crippen LogP contribution is 2.20. The molecular weight excluding hydrogens is 266 g/mol. The Kier molecular flexibility index (Phi) is 4.70. The highest BCUT2D eigenvalue weighted by Gasteiger charge is 2.15. The maximum atomic E-state index is 11.1. The number of hydrogen-bond donors (Lipinski definition) is 2. The lowest BCUT2D eigenvalue weighted by Crippen LogP contribution is -2.24. The van der Waals surface area contributed by atoms with Crippen molar-refractivity contribution in [2.24, 2.45) is 7.05 Å². The summed E-state index contributed by atoms with van der Waals surface area (Å²) in [5.41, 5.74) is 1.91. The number of nitrogens with one attached hydrogen (secondary N) is 2. The van der Waals surface area contributed by atoms with Crippen LogP contribution in [0.4, 0.5) is 5.69 Å². The summed E-state index contributed by atoms with van der Waals surface area (Å²) in [6, 6.07) is 8.03. The van der Waals surface area contributed by atoms with Crippen LogP contribution < -0.4 is 10.6 Å². The zero-order valence-electron chi connectivity index (χ0n) is 12.8. The van der Waals surface area contributed by atoms with Gasteiger partial charge in [-0.1, -0.05) is 12.1 Å². The molecule has 0 saturated heterocycles. The molecule has 1 amide bonds. The van der Waals surface area contributed by atoms with Crippen LogP contribution in [-0.4, -0.2) is 20.7 Å². The third kappa shape index (κ3) is 3.88. The van der Waals surface area contributed by atoms with E-state index in [1.54, 1.807) is 6.33 Å². The first-order chi connectivity index (χ1) is 9.97. The van der Waals surface area contributed by atoms with Crippen molar-refractivity contribution in [2.45, 2.75) is 32.9 Å². The highest BCUT2D eigenvalue weighted by atomic mass is 16.1. The normalized spacial score (nSPS) is 13.7. The molecule has 1 aromatic carbocycles. The lowest BCUT2D eigenvalue weighted by molar-refractivity contribution is -0.114. The van der Waals surface area contributed by atoms with Crippen LogP contribution in [-0.2, 0) is 11.8 Å². The van der Waals surface area contributed by atoms with E-state index in [9.17, 15) is 4.79 Å². The molecule has 0 bridgehead atoms. The zero-order valence-corrected chi connectivity index (χ0v) is 12.8. The molecule has 1 aromatic heterocycles. The number of rotatable bonds is 5. The molecule has 1 heterocycles. The van der Waals surface area contributed by atoms with E-state index in [1.807, 2.05) is 35.9 Å². The summed E-state index contributed by atoms with van der Waals surface area (Å²) in [4.78, 5) is 11.1. The minimum atomic E-state index is -0.0692. The van der Waals surface area contributed by atoms with Crippen molar-refractivity contribution in [1.82, 2.24) is 20.1 Å². The van der Waals surface area contributed by atoms with E-state index >= 15 is 0 Å².